The van der Waals surface area contributed by atoms with Gasteiger partial charge in [-0.2, -0.15) is 0 Å². The van der Waals surface area contributed by atoms with Crippen LogP contribution in [0, 0.1) is 11.7 Å². The van der Waals surface area contributed by atoms with Crippen LogP contribution in [0.1, 0.15) is 6.92 Å². The number of hydrogen-bond acceptors (Lipinski definition) is 3. The molecule has 0 spiro atoms. The average molecular weight is 259 g/mol. The predicted octanol–water partition coefficient (Wildman–Crippen LogP) is 3.63. The van der Waals surface area contributed by atoms with Crippen molar-refractivity contribution in [2.45, 2.75) is 6.92 Å². The fraction of sp³-hybridized carbons (Fsp3) is 0.364. The van der Waals surface area contributed by atoms with Gasteiger partial charge in [0.05, 0.1) is 5.69 Å². The summed E-state index contributed by atoms with van der Waals surface area (Å²) in [5.74, 6) is 1.28. The maximum atomic E-state index is 13.4. The highest BCUT2D eigenvalue weighted by Crippen LogP contribution is 2.23. The second-order valence-electron chi connectivity index (χ2n) is 3.81. The van der Waals surface area contributed by atoms with Gasteiger partial charge in [-0.15, -0.1) is 0 Å². The molecular formula is C11H12ClFN2S. The Labute approximate surface area is 103 Å². The molecule has 1 aliphatic rings. The van der Waals surface area contributed by atoms with Crippen LogP contribution in [0.4, 0.5) is 10.1 Å². The molecule has 0 radical (unpaired) electrons. The van der Waals surface area contributed by atoms with E-state index in [4.69, 9.17) is 11.6 Å². The number of hydrogen-bond donors (Lipinski definition) is 1. The smallest absolute Gasteiger partial charge is 0.161 e. The highest BCUT2D eigenvalue weighted by Gasteiger charge is 2.13. The van der Waals surface area contributed by atoms with Crippen molar-refractivity contribution < 1.29 is 4.39 Å². The number of amidine groups is 1. The molecule has 0 fully saturated rings. The highest BCUT2D eigenvalue weighted by molar-refractivity contribution is 8.14. The van der Waals surface area contributed by atoms with Crippen LogP contribution >= 0.6 is 23.4 Å². The molecule has 0 bridgehead atoms. The first-order valence-electron chi connectivity index (χ1n) is 5.04. The second kappa shape index (κ2) is 5.06. The number of anilines is 1. The Morgan fingerprint density at radius 2 is 2.38 bits per heavy atom. The number of thioether (sulfide) groups is 1. The summed E-state index contributed by atoms with van der Waals surface area (Å²) in [5, 5.41) is 4.24. The molecule has 1 aromatic rings. The molecule has 1 unspecified atom stereocenters. The zero-order chi connectivity index (χ0) is 11.5. The summed E-state index contributed by atoms with van der Waals surface area (Å²) in [6, 6.07) is 4.44. The number of nitrogens with zero attached hydrogens (tertiary/aromatic N) is 1. The third-order valence-electron chi connectivity index (χ3n) is 2.22. The summed E-state index contributed by atoms with van der Waals surface area (Å²) in [5.41, 5.74) is 0.383. The molecule has 1 heterocycles. The van der Waals surface area contributed by atoms with Gasteiger partial charge in [-0.3, -0.25) is 4.99 Å². The molecule has 0 aromatic heterocycles. The molecule has 0 saturated carbocycles. The highest BCUT2D eigenvalue weighted by atomic mass is 35.5. The first kappa shape index (κ1) is 11.7. The van der Waals surface area contributed by atoms with E-state index < -0.39 is 0 Å². The number of nitrogens with one attached hydrogen (secondary N) is 1. The molecule has 1 N–H and O–H groups in total. The number of rotatable bonds is 1. The lowest BCUT2D eigenvalue weighted by Gasteiger charge is -2.18. The summed E-state index contributed by atoms with van der Waals surface area (Å²) in [7, 11) is 0. The van der Waals surface area contributed by atoms with E-state index >= 15 is 0 Å². The van der Waals surface area contributed by atoms with Crippen LogP contribution in [0.2, 0.25) is 5.02 Å². The summed E-state index contributed by atoms with van der Waals surface area (Å²) in [4.78, 5) is 4.34. The first-order chi connectivity index (χ1) is 7.65. The summed E-state index contributed by atoms with van der Waals surface area (Å²) >= 11 is 7.41. The quantitative estimate of drug-likeness (QED) is 0.832. The number of halogens is 2. The standard InChI is InChI=1S/C11H12ClFN2S/c1-7-5-14-11(16-6-7)15-10-4-8(12)2-3-9(10)13/h2-4,7H,5-6H2,1H3,(H,14,15). The Balaban J connectivity index is 2.12. The van der Waals surface area contributed by atoms with Crippen LogP contribution in [-0.4, -0.2) is 17.5 Å². The van der Waals surface area contributed by atoms with Gasteiger partial charge in [0.2, 0.25) is 0 Å². The van der Waals surface area contributed by atoms with Crippen molar-refractivity contribution in [1.29, 1.82) is 0 Å². The molecule has 0 aliphatic carbocycles. The molecule has 0 amide bonds. The molecule has 5 heteroatoms. The monoisotopic (exact) mass is 258 g/mol. The number of aliphatic imine (C=N–C) groups is 1. The fourth-order valence-corrected chi connectivity index (χ4v) is 2.41. The van der Waals surface area contributed by atoms with Crippen LogP contribution in [0.15, 0.2) is 23.2 Å². The largest absolute Gasteiger partial charge is 0.333 e. The van der Waals surface area contributed by atoms with Crippen molar-refractivity contribution in [1.82, 2.24) is 0 Å². The molecule has 1 atom stereocenters. The summed E-state index contributed by atoms with van der Waals surface area (Å²) < 4.78 is 13.4. The van der Waals surface area contributed by atoms with E-state index in [1.54, 1.807) is 17.8 Å². The molecular weight excluding hydrogens is 247 g/mol. The van der Waals surface area contributed by atoms with Gasteiger partial charge in [0.25, 0.3) is 0 Å². The van der Waals surface area contributed by atoms with E-state index in [9.17, 15) is 4.39 Å². The lowest BCUT2D eigenvalue weighted by atomic mass is 10.2. The third-order valence-corrected chi connectivity index (χ3v) is 3.70. The van der Waals surface area contributed by atoms with Crippen molar-refractivity contribution in [3.05, 3.63) is 29.0 Å². The summed E-state index contributed by atoms with van der Waals surface area (Å²) in [6.07, 6.45) is 0. The van der Waals surface area contributed by atoms with E-state index in [1.807, 2.05) is 0 Å². The predicted molar refractivity (Wildman–Crippen MR) is 69.0 cm³/mol. The zero-order valence-corrected chi connectivity index (χ0v) is 10.4. The normalized spacial score (nSPS) is 20.4. The van der Waals surface area contributed by atoms with E-state index in [0.29, 0.717) is 16.6 Å². The van der Waals surface area contributed by atoms with Crippen LogP contribution in [0.3, 0.4) is 0 Å². The van der Waals surface area contributed by atoms with Gasteiger partial charge in [0, 0.05) is 17.3 Å². The Kier molecular flexibility index (Phi) is 3.71. The Bertz CT molecular complexity index is 422. The van der Waals surface area contributed by atoms with Gasteiger partial charge in [0.15, 0.2) is 5.17 Å². The van der Waals surface area contributed by atoms with E-state index in [-0.39, 0.29) is 5.82 Å². The van der Waals surface area contributed by atoms with Gasteiger partial charge in [-0.05, 0) is 24.1 Å². The maximum Gasteiger partial charge on any atom is 0.161 e. The third kappa shape index (κ3) is 2.89. The van der Waals surface area contributed by atoms with Crippen molar-refractivity contribution in [2.75, 3.05) is 17.6 Å². The first-order valence-corrected chi connectivity index (χ1v) is 6.41. The minimum atomic E-state index is -0.314. The van der Waals surface area contributed by atoms with Crippen LogP contribution < -0.4 is 5.32 Å². The van der Waals surface area contributed by atoms with Gasteiger partial charge in [-0.25, -0.2) is 4.39 Å². The molecule has 16 heavy (non-hydrogen) atoms. The maximum absolute atomic E-state index is 13.4. The van der Waals surface area contributed by atoms with E-state index in [1.165, 1.54) is 12.1 Å². The molecule has 2 rings (SSSR count). The lowest BCUT2D eigenvalue weighted by Crippen LogP contribution is -2.19. The van der Waals surface area contributed by atoms with Gasteiger partial charge < -0.3 is 5.32 Å². The second-order valence-corrected chi connectivity index (χ2v) is 5.26. The van der Waals surface area contributed by atoms with Crippen LogP contribution in [-0.2, 0) is 0 Å². The number of benzene rings is 1. The van der Waals surface area contributed by atoms with Gasteiger partial charge in [-0.1, -0.05) is 30.3 Å². The van der Waals surface area contributed by atoms with Crippen molar-refractivity contribution >= 4 is 34.2 Å². The topological polar surface area (TPSA) is 24.4 Å². The van der Waals surface area contributed by atoms with Crippen molar-refractivity contribution in [3.63, 3.8) is 0 Å². The molecule has 1 aromatic carbocycles. The Morgan fingerprint density at radius 3 is 3.06 bits per heavy atom. The Hall–Kier alpha value is -0.740. The lowest BCUT2D eigenvalue weighted by molar-refractivity contribution is 0.632. The summed E-state index contributed by atoms with van der Waals surface area (Å²) in [6.45, 7) is 2.94. The minimum Gasteiger partial charge on any atom is -0.333 e. The fourth-order valence-electron chi connectivity index (χ4n) is 1.34. The van der Waals surface area contributed by atoms with Gasteiger partial charge in [0.1, 0.15) is 5.82 Å². The van der Waals surface area contributed by atoms with Crippen molar-refractivity contribution in [3.8, 4) is 0 Å². The van der Waals surface area contributed by atoms with Crippen molar-refractivity contribution in [2.24, 2.45) is 10.9 Å². The average Bonchev–Trinajstić information content (AvgIpc) is 2.27. The SMILES string of the molecule is CC1CN=C(Nc2cc(Cl)ccc2F)SC1. The molecule has 86 valence electrons. The molecule has 2 nitrogen and oxygen atoms in total. The minimum absolute atomic E-state index is 0.314. The molecule has 0 saturated heterocycles. The Morgan fingerprint density at radius 1 is 1.56 bits per heavy atom. The zero-order valence-electron chi connectivity index (χ0n) is 8.84. The molecule has 1 aliphatic heterocycles. The van der Waals surface area contributed by atoms with E-state index in [0.717, 1.165) is 17.5 Å². The van der Waals surface area contributed by atoms with E-state index in [2.05, 4.69) is 17.2 Å². The van der Waals surface area contributed by atoms with Crippen LogP contribution in [0.5, 0.6) is 0 Å². The van der Waals surface area contributed by atoms with Gasteiger partial charge >= 0.3 is 0 Å². The van der Waals surface area contributed by atoms with Crippen LogP contribution in [0.25, 0.3) is 0 Å².